The lowest BCUT2D eigenvalue weighted by molar-refractivity contribution is -0.167. The third-order valence-electron chi connectivity index (χ3n) is 5.15. The van der Waals surface area contributed by atoms with Gasteiger partial charge in [0, 0.05) is 12.6 Å². The Morgan fingerprint density at radius 2 is 1.75 bits per heavy atom. The van der Waals surface area contributed by atoms with E-state index >= 15 is 0 Å². The predicted molar refractivity (Wildman–Crippen MR) is 98.3 cm³/mol. The molecule has 0 fully saturated rings. The van der Waals surface area contributed by atoms with Gasteiger partial charge in [-0.1, -0.05) is 30.4 Å². The number of benzene rings is 1. The zero-order chi connectivity index (χ0) is 20.5. The summed E-state index contributed by atoms with van der Waals surface area (Å²) in [6, 6.07) is 9.46. The molecule has 3 N–H and O–H groups in total. The van der Waals surface area contributed by atoms with Crippen LogP contribution < -0.4 is 0 Å². The Morgan fingerprint density at radius 1 is 1.11 bits per heavy atom. The Balaban J connectivity index is 1.88. The van der Waals surface area contributed by atoms with Crippen molar-refractivity contribution < 1.29 is 29.3 Å². The van der Waals surface area contributed by atoms with Crippen LogP contribution in [0, 0.1) is 11.2 Å². The van der Waals surface area contributed by atoms with Crippen LogP contribution in [0.5, 0.6) is 0 Å². The number of aliphatic carboxylic acids is 2. The maximum atomic E-state index is 13.0. The molecule has 0 saturated carbocycles. The molecule has 1 aromatic heterocycles. The third-order valence-corrected chi connectivity index (χ3v) is 5.15. The van der Waals surface area contributed by atoms with Crippen LogP contribution in [-0.4, -0.2) is 37.8 Å². The zero-order valence-corrected chi connectivity index (χ0v) is 15.2. The summed E-state index contributed by atoms with van der Waals surface area (Å²) in [5, 5.41) is 29.7. The van der Waals surface area contributed by atoms with Gasteiger partial charge in [0.1, 0.15) is 5.82 Å². The van der Waals surface area contributed by atoms with Crippen LogP contribution in [0.4, 0.5) is 4.39 Å². The Labute approximate surface area is 161 Å². The SMILES string of the molecule is CC1(C(=O)O)C=CC(c2ccc(Cc3ccc(F)cc3)cn2)C(O)(C(=O)O)C1. The largest absolute Gasteiger partial charge is 0.481 e. The number of aromatic nitrogens is 1. The van der Waals surface area contributed by atoms with E-state index in [4.69, 9.17) is 0 Å². The normalized spacial score (nSPS) is 26.8. The van der Waals surface area contributed by atoms with Gasteiger partial charge >= 0.3 is 11.9 Å². The molecule has 0 amide bonds. The number of halogens is 1. The molecule has 6 nitrogen and oxygen atoms in total. The minimum Gasteiger partial charge on any atom is -0.481 e. The molecule has 1 aliphatic carbocycles. The summed E-state index contributed by atoms with van der Waals surface area (Å²) in [6.45, 7) is 1.37. The maximum Gasteiger partial charge on any atom is 0.336 e. The van der Waals surface area contributed by atoms with Gasteiger partial charge in [0.05, 0.1) is 17.0 Å². The maximum absolute atomic E-state index is 13.0. The lowest BCUT2D eigenvalue weighted by atomic mass is 9.67. The predicted octanol–water partition coefficient (Wildman–Crippen LogP) is 2.76. The molecular weight excluding hydrogens is 365 g/mol. The quantitative estimate of drug-likeness (QED) is 0.683. The molecule has 3 unspecified atom stereocenters. The van der Waals surface area contributed by atoms with E-state index in [1.54, 1.807) is 30.5 Å². The monoisotopic (exact) mass is 385 g/mol. The molecule has 0 saturated heterocycles. The minimum absolute atomic E-state index is 0.317. The number of carboxylic acids is 2. The van der Waals surface area contributed by atoms with E-state index in [0.29, 0.717) is 12.1 Å². The van der Waals surface area contributed by atoms with Gasteiger partial charge in [0.2, 0.25) is 0 Å². The van der Waals surface area contributed by atoms with Gasteiger partial charge in [0.15, 0.2) is 5.60 Å². The molecule has 0 bridgehead atoms. The van der Waals surface area contributed by atoms with Gasteiger partial charge in [-0.3, -0.25) is 9.78 Å². The third kappa shape index (κ3) is 3.66. The number of nitrogens with zero attached hydrogens (tertiary/aromatic N) is 1. The number of rotatable bonds is 5. The van der Waals surface area contributed by atoms with Crippen LogP contribution in [0.3, 0.4) is 0 Å². The smallest absolute Gasteiger partial charge is 0.336 e. The topological polar surface area (TPSA) is 108 Å². The van der Waals surface area contributed by atoms with E-state index in [1.807, 2.05) is 0 Å². The van der Waals surface area contributed by atoms with Crippen molar-refractivity contribution in [3.63, 3.8) is 0 Å². The van der Waals surface area contributed by atoms with E-state index in [9.17, 15) is 29.3 Å². The zero-order valence-electron chi connectivity index (χ0n) is 15.2. The Bertz CT molecular complexity index is 925. The number of hydrogen-bond acceptors (Lipinski definition) is 4. The van der Waals surface area contributed by atoms with Crippen LogP contribution in [-0.2, 0) is 16.0 Å². The summed E-state index contributed by atoms with van der Waals surface area (Å²) < 4.78 is 13.0. The van der Waals surface area contributed by atoms with E-state index in [1.165, 1.54) is 31.2 Å². The highest BCUT2D eigenvalue weighted by Gasteiger charge is 2.53. The standard InChI is InChI=1S/C21H20FNO5/c1-20(18(24)25)9-8-16(21(28,12-20)19(26)27)17-7-4-14(11-23-17)10-13-2-5-15(22)6-3-13/h2-9,11,16,28H,10,12H2,1H3,(H,24,25)(H,26,27). The lowest BCUT2D eigenvalue weighted by Crippen LogP contribution is -2.51. The molecule has 1 aromatic carbocycles. The number of aliphatic hydroxyl groups is 1. The van der Waals surface area contributed by atoms with Gasteiger partial charge in [-0.25, -0.2) is 9.18 Å². The summed E-state index contributed by atoms with van der Waals surface area (Å²) in [5.41, 5.74) is -1.70. The molecule has 7 heteroatoms. The highest BCUT2D eigenvalue weighted by atomic mass is 19.1. The Kier molecular flexibility index (Phi) is 5.04. The van der Waals surface area contributed by atoms with Crippen molar-refractivity contribution in [1.29, 1.82) is 0 Å². The average Bonchev–Trinajstić information content (AvgIpc) is 2.64. The first kappa shape index (κ1) is 19.7. The minimum atomic E-state index is -2.28. The first-order valence-electron chi connectivity index (χ1n) is 8.72. The number of carbonyl (C=O) groups is 2. The van der Waals surface area contributed by atoms with Crippen molar-refractivity contribution in [2.75, 3.05) is 0 Å². The van der Waals surface area contributed by atoms with Crippen LogP contribution in [0.2, 0.25) is 0 Å². The van der Waals surface area contributed by atoms with E-state index in [-0.39, 0.29) is 5.82 Å². The Hall–Kier alpha value is -3.06. The van der Waals surface area contributed by atoms with Crippen molar-refractivity contribution in [3.05, 3.63) is 77.4 Å². The molecule has 0 spiro atoms. The number of carboxylic acid groups (broad SMARTS) is 2. The van der Waals surface area contributed by atoms with Crippen LogP contribution in [0.1, 0.15) is 36.1 Å². The van der Waals surface area contributed by atoms with E-state index < -0.39 is 35.3 Å². The molecule has 28 heavy (non-hydrogen) atoms. The fraction of sp³-hybridized carbons (Fsp3) is 0.286. The number of pyridine rings is 1. The van der Waals surface area contributed by atoms with Gasteiger partial charge in [-0.15, -0.1) is 0 Å². The molecule has 0 aliphatic heterocycles. The Morgan fingerprint density at radius 3 is 2.29 bits per heavy atom. The summed E-state index contributed by atoms with van der Waals surface area (Å²) in [5.74, 6) is -3.99. The second-order valence-corrected chi connectivity index (χ2v) is 7.36. The second kappa shape index (κ2) is 7.16. The first-order valence-corrected chi connectivity index (χ1v) is 8.72. The van der Waals surface area contributed by atoms with Gasteiger partial charge in [0.25, 0.3) is 0 Å². The molecule has 3 rings (SSSR count). The summed E-state index contributed by atoms with van der Waals surface area (Å²) in [7, 11) is 0. The first-order chi connectivity index (χ1) is 13.1. The van der Waals surface area contributed by atoms with Crippen LogP contribution >= 0.6 is 0 Å². The highest BCUT2D eigenvalue weighted by molar-refractivity contribution is 5.84. The van der Waals surface area contributed by atoms with Crippen molar-refractivity contribution in [2.24, 2.45) is 5.41 Å². The molecular formula is C21H20FNO5. The van der Waals surface area contributed by atoms with Gasteiger partial charge < -0.3 is 15.3 Å². The molecule has 0 radical (unpaired) electrons. The summed E-state index contributed by atoms with van der Waals surface area (Å²) in [6.07, 6.45) is 4.43. The van der Waals surface area contributed by atoms with Crippen molar-refractivity contribution in [1.82, 2.24) is 4.98 Å². The fourth-order valence-corrected chi connectivity index (χ4v) is 3.46. The highest BCUT2D eigenvalue weighted by Crippen LogP contribution is 2.44. The van der Waals surface area contributed by atoms with Crippen molar-refractivity contribution in [2.45, 2.75) is 31.3 Å². The van der Waals surface area contributed by atoms with Crippen LogP contribution in [0.15, 0.2) is 54.7 Å². The van der Waals surface area contributed by atoms with E-state index in [2.05, 4.69) is 4.98 Å². The molecule has 2 aromatic rings. The van der Waals surface area contributed by atoms with Gasteiger partial charge in [-0.05, 0) is 42.7 Å². The van der Waals surface area contributed by atoms with E-state index in [0.717, 1.165) is 11.1 Å². The molecule has 1 aliphatic rings. The number of hydrogen-bond donors (Lipinski definition) is 3. The molecule has 146 valence electrons. The van der Waals surface area contributed by atoms with Gasteiger partial charge in [-0.2, -0.15) is 0 Å². The average molecular weight is 385 g/mol. The lowest BCUT2D eigenvalue weighted by Gasteiger charge is -2.39. The fourth-order valence-electron chi connectivity index (χ4n) is 3.46. The molecule has 3 atom stereocenters. The van der Waals surface area contributed by atoms with Crippen LogP contribution in [0.25, 0.3) is 0 Å². The summed E-state index contributed by atoms with van der Waals surface area (Å²) >= 11 is 0. The summed E-state index contributed by atoms with van der Waals surface area (Å²) in [4.78, 5) is 27.5. The van der Waals surface area contributed by atoms with Crippen molar-refractivity contribution >= 4 is 11.9 Å². The van der Waals surface area contributed by atoms with Crippen molar-refractivity contribution in [3.8, 4) is 0 Å². The molecule has 1 heterocycles. The second-order valence-electron chi connectivity index (χ2n) is 7.36.